The van der Waals surface area contributed by atoms with Crippen molar-refractivity contribution in [1.29, 1.82) is 0 Å². The number of phenolic OH excluding ortho intramolecular Hbond substituents is 1. The maximum absolute atomic E-state index is 11.9. The van der Waals surface area contributed by atoms with Gasteiger partial charge in [0.25, 0.3) is 5.91 Å². The molecule has 0 bridgehead atoms. The van der Waals surface area contributed by atoms with Crippen LogP contribution in [0.25, 0.3) is 0 Å². The number of hydrogen-bond acceptors (Lipinski definition) is 6. The number of benzene rings is 2. The number of nitrogens with zero attached hydrogens (tertiary/aromatic N) is 1. The summed E-state index contributed by atoms with van der Waals surface area (Å²) in [5.41, 5.74) is 2.62. The van der Waals surface area contributed by atoms with E-state index in [1.165, 1.54) is 12.1 Å². The fourth-order valence-electron chi connectivity index (χ4n) is 2.91. The monoisotopic (exact) mass is 425 g/mol. The van der Waals surface area contributed by atoms with Gasteiger partial charge >= 0.3 is 10.2 Å². The molecule has 1 heterocycles. The van der Waals surface area contributed by atoms with Crippen molar-refractivity contribution in [3.63, 3.8) is 0 Å². The zero-order valence-electron chi connectivity index (χ0n) is 15.1. The number of sulfonamides is 1. The molecule has 3 N–H and O–H groups in total. The minimum absolute atomic E-state index is 0.0134. The summed E-state index contributed by atoms with van der Waals surface area (Å²) in [6.45, 7) is 1.43. The minimum atomic E-state index is -4.02. The van der Waals surface area contributed by atoms with E-state index in [1.807, 2.05) is 17.7 Å². The van der Waals surface area contributed by atoms with E-state index in [0.717, 1.165) is 16.1 Å². The Morgan fingerprint density at radius 2 is 1.93 bits per heavy atom. The summed E-state index contributed by atoms with van der Waals surface area (Å²) in [5.74, 6) is -0.984. The third kappa shape index (κ3) is 4.37. The molecule has 2 aromatic rings. The van der Waals surface area contributed by atoms with Gasteiger partial charge in [-0.15, -0.1) is 0 Å². The molecule has 11 heteroatoms. The molecule has 0 saturated carbocycles. The van der Waals surface area contributed by atoms with Crippen LogP contribution >= 0.6 is 0 Å². The van der Waals surface area contributed by atoms with Crippen LogP contribution in [-0.4, -0.2) is 40.6 Å². The van der Waals surface area contributed by atoms with Gasteiger partial charge < -0.3 is 5.11 Å². The molecule has 0 atom stereocenters. The molecule has 28 heavy (non-hydrogen) atoms. The number of anilines is 2. The first-order valence-corrected chi connectivity index (χ1v) is 11.5. The molecule has 0 radical (unpaired) electrons. The first-order valence-electron chi connectivity index (χ1n) is 8.17. The van der Waals surface area contributed by atoms with Crippen molar-refractivity contribution in [3.05, 3.63) is 53.1 Å². The number of amides is 1. The van der Waals surface area contributed by atoms with E-state index >= 15 is 0 Å². The summed E-state index contributed by atoms with van der Waals surface area (Å²) in [6.07, 6.45) is 1.36. The van der Waals surface area contributed by atoms with E-state index in [0.29, 0.717) is 23.2 Å². The first-order chi connectivity index (χ1) is 12.9. The molecule has 0 aliphatic carbocycles. The van der Waals surface area contributed by atoms with Crippen molar-refractivity contribution in [2.75, 3.05) is 21.8 Å². The van der Waals surface area contributed by atoms with Gasteiger partial charge in [-0.25, -0.2) is 17.4 Å². The van der Waals surface area contributed by atoms with Gasteiger partial charge in [-0.2, -0.15) is 8.42 Å². The molecular weight excluding hydrogens is 406 g/mol. The van der Waals surface area contributed by atoms with E-state index in [9.17, 15) is 26.7 Å². The van der Waals surface area contributed by atoms with Crippen LogP contribution in [0.2, 0.25) is 0 Å². The van der Waals surface area contributed by atoms with Gasteiger partial charge in [0.05, 0.1) is 17.6 Å². The van der Waals surface area contributed by atoms with E-state index in [4.69, 9.17) is 0 Å². The predicted octanol–water partition coefficient (Wildman–Crippen LogP) is 0.844. The SMILES string of the molecule is Cc1ccc(Cc2ccc(N3CC(=O)NS3(=O)=O)c(O)c2)c(NS(C)(=O)=O)c1. The lowest BCUT2D eigenvalue weighted by molar-refractivity contribution is -0.117. The van der Waals surface area contributed by atoms with Gasteiger partial charge in [-0.05, 0) is 48.2 Å². The molecule has 1 amide bonds. The van der Waals surface area contributed by atoms with Crippen LogP contribution < -0.4 is 13.7 Å². The summed E-state index contributed by atoms with van der Waals surface area (Å²) < 4.78 is 52.2. The Balaban J connectivity index is 1.91. The topological polar surface area (TPSA) is 133 Å². The van der Waals surface area contributed by atoms with E-state index in [1.54, 1.807) is 18.2 Å². The maximum Gasteiger partial charge on any atom is 0.326 e. The van der Waals surface area contributed by atoms with Crippen LogP contribution in [0, 0.1) is 6.92 Å². The third-order valence-electron chi connectivity index (χ3n) is 4.08. The molecule has 1 aliphatic heterocycles. The average molecular weight is 425 g/mol. The van der Waals surface area contributed by atoms with E-state index in [-0.39, 0.29) is 11.4 Å². The zero-order valence-corrected chi connectivity index (χ0v) is 16.8. The molecular formula is C17H19N3O6S2. The molecule has 1 aliphatic rings. The largest absolute Gasteiger partial charge is 0.506 e. The highest BCUT2D eigenvalue weighted by atomic mass is 32.2. The second-order valence-corrected chi connectivity index (χ2v) is 9.92. The fourth-order valence-corrected chi connectivity index (χ4v) is 4.66. The summed E-state index contributed by atoms with van der Waals surface area (Å²) >= 11 is 0. The number of aromatic hydroxyl groups is 1. The van der Waals surface area contributed by atoms with Crippen LogP contribution in [0.5, 0.6) is 5.75 Å². The summed E-state index contributed by atoms with van der Waals surface area (Å²) in [5, 5.41) is 10.3. The number of carbonyl (C=O) groups excluding carboxylic acids is 1. The number of hydrogen-bond donors (Lipinski definition) is 3. The smallest absolute Gasteiger partial charge is 0.326 e. The number of aryl methyl sites for hydroxylation is 1. The second-order valence-electron chi connectivity index (χ2n) is 6.57. The third-order valence-corrected chi connectivity index (χ3v) is 6.07. The van der Waals surface area contributed by atoms with Crippen LogP contribution in [-0.2, 0) is 31.4 Å². The Morgan fingerprint density at radius 1 is 1.21 bits per heavy atom. The summed E-state index contributed by atoms with van der Waals surface area (Å²) in [4.78, 5) is 11.4. The lowest BCUT2D eigenvalue weighted by atomic mass is 10.0. The van der Waals surface area contributed by atoms with Crippen LogP contribution in [0.1, 0.15) is 16.7 Å². The van der Waals surface area contributed by atoms with Gasteiger partial charge in [-0.3, -0.25) is 9.52 Å². The van der Waals surface area contributed by atoms with Crippen molar-refractivity contribution < 1.29 is 26.7 Å². The van der Waals surface area contributed by atoms with Crippen molar-refractivity contribution in [2.45, 2.75) is 13.3 Å². The molecule has 0 aromatic heterocycles. The highest BCUT2D eigenvalue weighted by molar-refractivity contribution is 7.92. The first kappa shape index (κ1) is 20.0. The highest BCUT2D eigenvalue weighted by Gasteiger charge is 2.35. The quantitative estimate of drug-likeness (QED) is 0.650. The number of carbonyl (C=O) groups is 1. The summed E-state index contributed by atoms with van der Waals surface area (Å²) in [7, 11) is -7.48. The molecule has 9 nitrogen and oxygen atoms in total. The van der Waals surface area contributed by atoms with Gasteiger partial charge in [0, 0.05) is 0 Å². The Bertz CT molecular complexity index is 1160. The fraction of sp³-hybridized carbons (Fsp3) is 0.235. The Labute approximate surface area is 163 Å². The number of phenols is 1. The zero-order chi connectivity index (χ0) is 20.7. The standard InChI is InChI=1S/C17H19N3O6S2/c1-11-3-5-13(14(7-11)18-27(2,23)24)8-12-4-6-15(16(21)9-12)20-10-17(22)19-28(20,25)26/h3-7,9,18,21H,8,10H2,1-2H3,(H,19,22). The molecule has 1 fully saturated rings. The Kier molecular flexibility index (Phi) is 4.98. The maximum atomic E-state index is 11.9. The lowest BCUT2D eigenvalue weighted by Crippen LogP contribution is -2.29. The van der Waals surface area contributed by atoms with Gasteiger partial charge in [0.1, 0.15) is 12.3 Å². The molecule has 150 valence electrons. The predicted molar refractivity (Wildman–Crippen MR) is 105 cm³/mol. The number of nitrogens with one attached hydrogen (secondary N) is 2. The second kappa shape index (κ2) is 6.99. The Morgan fingerprint density at radius 3 is 2.50 bits per heavy atom. The molecule has 0 unspecified atom stereocenters. The molecule has 0 spiro atoms. The lowest BCUT2D eigenvalue weighted by Gasteiger charge is -2.17. The van der Waals surface area contributed by atoms with Gasteiger partial charge in [0.15, 0.2) is 0 Å². The van der Waals surface area contributed by atoms with E-state index in [2.05, 4.69) is 4.72 Å². The molecule has 2 aromatic carbocycles. The van der Waals surface area contributed by atoms with Gasteiger partial charge in [-0.1, -0.05) is 18.2 Å². The van der Waals surface area contributed by atoms with Crippen molar-refractivity contribution >= 4 is 37.5 Å². The van der Waals surface area contributed by atoms with Crippen molar-refractivity contribution in [1.82, 2.24) is 4.72 Å². The average Bonchev–Trinajstić information content (AvgIpc) is 2.81. The summed E-state index contributed by atoms with van der Waals surface area (Å²) in [6, 6.07) is 9.72. The van der Waals surface area contributed by atoms with Crippen LogP contribution in [0.3, 0.4) is 0 Å². The normalized spacial score (nSPS) is 16.1. The van der Waals surface area contributed by atoms with Crippen molar-refractivity contribution in [3.8, 4) is 5.75 Å². The number of rotatable bonds is 5. The van der Waals surface area contributed by atoms with Crippen LogP contribution in [0.15, 0.2) is 36.4 Å². The van der Waals surface area contributed by atoms with Gasteiger partial charge in [0.2, 0.25) is 10.0 Å². The molecule has 1 saturated heterocycles. The molecule has 3 rings (SSSR count). The van der Waals surface area contributed by atoms with E-state index < -0.39 is 32.7 Å². The minimum Gasteiger partial charge on any atom is -0.506 e. The highest BCUT2D eigenvalue weighted by Crippen LogP contribution is 2.32. The van der Waals surface area contributed by atoms with Crippen LogP contribution in [0.4, 0.5) is 11.4 Å². The van der Waals surface area contributed by atoms with Crippen molar-refractivity contribution in [2.24, 2.45) is 0 Å². The Hall–Kier alpha value is -2.79.